The number of carboxylic acid groups (broad SMARTS) is 1. The van der Waals surface area contributed by atoms with Gasteiger partial charge in [-0.1, -0.05) is 18.2 Å². The molecule has 0 saturated heterocycles. The van der Waals surface area contributed by atoms with E-state index in [-0.39, 0.29) is 0 Å². The van der Waals surface area contributed by atoms with Crippen LogP contribution >= 0.6 is 0 Å². The van der Waals surface area contributed by atoms with Gasteiger partial charge in [0.25, 0.3) is 0 Å². The minimum Gasteiger partial charge on any atom is -0.478 e. The Labute approximate surface area is 78.2 Å². The van der Waals surface area contributed by atoms with Crippen molar-refractivity contribution in [3.63, 3.8) is 0 Å². The summed E-state index contributed by atoms with van der Waals surface area (Å²) in [6.45, 7) is 0. The standard InChI is InChI=1S/C7H6O2.2C2H2/c8-7(9)6-4-2-1-3-5-6;2*1-2/h1-5H,(H,8,9);2*1-2H. The quantitative estimate of drug-likeness (QED) is 0.660. The van der Waals surface area contributed by atoms with E-state index in [0.717, 1.165) is 0 Å². The first-order valence-electron chi connectivity index (χ1n) is 3.26. The van der Waals surface area contributed by atoms with E-state index in [9.17, 15) is 4.79 Å². The van der Waals surface area contributed by atoms with E-state index in [2.05, 4.69) is 25.7 Å². The molecule has 0 radical (unpaired) electrons. The molecule has 0 aliphatic carbocycles. The maximum atomic E-state index is 10.2. The molecular formula is C11H10O2. The van der Waals surface area contributed by atoms with Crippen molar-refractivity contribution in [1.82, 2.24) is 0 Å². The van der Waals surface area contributed by atoms with Crippen molar-refractivity contribution in [2.75, 3.05) is 0 Å². The lowest BCUT2D eigenvalue weighted by atomic mass is 10.2. The fourth-order valence-electron chi connectivity index (χ4n) is 0.581. The minimum atomic E-state index is -0.879. The van der Waals surface area contributed by atoms with Crippen LogP contribution in [-0.4, -0.2) is 11.1 Å². The fraction of sp³-hybridized carbons (Fsp3) is 0. The van der Waals surface area contributed by atoms with E-state index in [0.29, 0.717) is 5.56 Å². The van der Waals surface area contributed by atoms with Crippen molar-refractivity contribution in [3.05, 3.63) is 35.9 Å². The van der Waals surface area contributed by atoms with Crippen LogP contribution in [0.25, 0.3) is 0 Å². The zero-order chi connectivity index (χ0) is 10.7. The first-order valence-corrected chi connectivity index (χ1v) is 3.26. The average molecular weight is 174 g/mol. The summed E-state index contributed by atoms with van der Waals surface area (Å²) >= 11 is 0. The Morgan fingerprint density at radius 3 is 1.62 bits per heavy atom. The summed E-state index contributed by atoms with van der Waals surface area (Å²) in [4.78, 5) is 10.2. The Kier molecular flexibility index (Phi) is 10.1. The molecule has 2 nitrogen and oxygen atoms in total. The highest BCUT2D eigenvalue weighted by Crippen LogP contribution is 1.96. The van der Waals surface area contributed by atoms with E-state index < -0.39 is 5.97 Å². The Hall–Kier alpha value is -2.19. The lowest BCUT2D eigenvalue weighted by Gasteiger charge is -1.88. The third-order valence-electron chi connectivity index (χ3n) is 1.02. The summed E-state index contributed by atoms with van der Waals surface area (Å²) in [5.41, 5.74) is 0.331. The van der Waals surface area contributed by atoms with Crippen LogP contribution in [0.15, 0.2) is 30.3 Å². The molecule has 0 aromatic heterocycles. The molecule has 13 heavy (non-hydrogen) atoms. The number of carboxylic acids is 1. The molecule has 0 aliphatic rings. The Bertz CT molecular complexity index is 264. The van der Waals surface area contributed by atoms with Crippen molar-refractivity contribution in [2.24, 2.45) is 0 Å². The first kappa shape index (κ1) is 13.4. The molecule has 66 valence electrons. The SMILES string of the molecule is C#C.C#C.O=C(O)c1ccccc1. The number of carbonyl (C=O) groups is 1. The molecule has 0 saturated carbocycles. The first-order chi connectivity index (χ1) is 6.30. The molecule has 1 rings (SSSR count). The topological polar surface area (TPSA) is 37.3 Å². The van der Waals surface area contributed by atoms with Gasteiger partial charge in [-0.25, -0.2) is 4.79 Å². The average Bonchev–Trinajstić information content (AvgIpc) is 2.25. The Balaban J connectivity index is 0. The monoisotopic (exact) mass is 174 g/mol. The van der Waals surface area contributed by atoms with Crippen LogP contribution in [0, 0.1) is 25.7 Å². The van der Waals surface area contributed by atoms with Crippen LogP contribution in [0.1, 0.15) is 10.4 Å². The maximum absolute atomic E-state index is 10.2. The highest BCUT2D eigenvalue weighted by atomic mass is 16.4. The smallest absolute Gasteiger partial charge is 0.335 e. The van der Waals surface area contributed by atoms with Crippen LogP contribution in [0.4, 0.5) is 0 Å². The maximum Gasteiger partial charge on any atom is 0.335 e. The van der Waals surface area contributed by atoms with E-state index in [1.807, 2.05) is 0 Å². The summed E-state index contributed by atoms with van der Waals surface area (Å²) in [6.07, 6.45) is 16.0. The highest BCUT2D eigenvalue weighted by Gasteiger charge is 1.96. The largest absolute Gasteiger partial charge is 0.478 e. The summed E-state index contributed by atoms with van der Waals surface area (Å²) in [7, 11) is 0. The van der Waals surface area contributed by atoms with E-state index >= 15 is 0 Å². The van der Waals surface area contributed by atoms with Gasteiger partial charge in [0.2, 0.25) is 0 Å². The second-order valence-corrected chi connectivity index (χ2v) is 1.67. The second kappa shape index (κ2) is 9.81. The molecule has 2 heteroatoms. The van der Waals surface area contributed by atoms with Gasteiger partial charge in [0.05, 0.1) is 5.56 Å². The lowest BCUT2D eigenvalue weighted by molar-refractivity contribution is 0.0697. The molecular weight excluding hydrogens is 164 g/mol. The van der Waals surface area contributed by atoms with Gasteiger partial charge in [-0.2, -0.15) is 0 Å². The van der Waals surface area contributed by atoms with Crippen LogP contribution in [0.5, 0.6) is 0 Å². The minimum absolute atomic E-state index is 0.331. The summed E-state index contributed by atoms with van der Waals surface area (Å²) < 4.78 is 0. The van der Waals surface area contributed by atoms with Gasteiger partial charge in [-0.3, -0.25) is 0 Å². The zero-order valence-corrected chi connectivity index (χ0v) is 7.05. The number of benzene rings is 1. The number of hydrogen-bond donors (Lipinski definition) is 1. The predicted octanol–water partition coefficient (Wildman–Crippen LogP) is 1.88. The van der Waals surface area contributed by atoms with Gasteiger partial charge in [0.1, 0.15) is 0 Å². The van der Waals surface area contributed by atoms with Gasteiger partial charge in [-0.05, 0) is 12.1 Å². The summed E-state index contributed by atoms with van der Waals surface area (Å²) in [6, 6.07) is 8.30. The van der Waals surface area contributed by atoms with E-state index in [1.165, 1.54) is 0 Å². The van der Waals surface area contributed by atoms with Crippen molar-refractivity contribution >= 4 is 5.97 Å². The summed E-state index contributed by atoms with van der Waals surface area (Å²) in [5, 5.41) is 8.38. The molecule has 0 bridgehead atoms. The van der Waals surface area contributed by atoms with Gasteiger partial charge in [0, 0.05) is 0 Å². The van der Waals surface area contributed by atoms with Crippen LogP contribution in [0.3, 0.4) is 0 Å². The van der Waals surface area contributed by atoms with Crippen molar-refractivity contribution in [2.45, 2.75) is 0 Å². The predicted molar refractivity (Wildman–Crippen MR) is 53.2 cm³/mol. The van der Waals surface area contributed by atoms with E-state index in [1.54, 1.807) is 30.3 Å². The molecule has 0 aliphatic heterocycles. The van der Waals surface area contributed by atoms with Crippen molar-refractivity contribution in [3.8, 4) is 25.7 Å². The molecule has 0 fully saturated rings. The van der Waals surface area contributed by atoms with E-state index in [4.69, 9.17) is 5.11 Å². The number of rotatable bonds is 1. The molecule has 0 spiro atoms. The molecule has 1 N–H and O–H groups in total. The summed E-state index contributed by atoms with van der Waals surface area (Å²) in [5.74, 6) is -0.879. The molecule has 0 atom stereocenters. The number of terminal acetylenes is 2. The van der Waals surface area contributed by atoms with Crippen LogP contribution in [-0.2, 0) is 0 Å². The molecule has 1 aromatic carbocycles. The molecule has 1 aromatic rings. The normalized spacial score (nSPS) is 6.46. The van der Waals surface area contributed by atoms with Gasteiger partial charge in [0.15, 0.2) is 0 Å². The second-order valence-electron chi connectivity index (χ2n) is 1.67. The third kappa shape index (κ3) is 6.22. The van der Waals surface area contributed by atoms with Gasteiger partial charge >= 0.3 is 5.97 Å². The number of hydrogen-bond acceptors (Lipinski definition) is 1. The molecule has 0 amide bonds. The van der Waals surface area contributed by atoms with Crippen molar-refractivity contribution < 1.29 is 9.90 Å². The molecule has 0 unspecified atom stereocenters. The highest BCUT2D eigenvalue weighted by molar-refractivity contribution is 5.87. The zero-order valence-electron chi connectivity index (χ0n) is 7.05. The third-order valence-corrected chi connectivity index (χ3v) is 1.02. The van der Waals surface area contributed by atoms with Crippen molar-refractivity contribution in [1.29, 1.82) is 0 Å². The Morgan fingerprint density at radius 1 is 1.00 bits per heavy atom. The fourth-order valence-corrected chi connectivity index (χ4v) is 0.581. The molecule has 0 heterocycles. The van der Waals surface area contributed by atoms with Gasteiger partial charge < -0.3 is 5.11 Å². The van der Waals surface area contributed by atoms with Crippen LogP contribution < -0.4 is 0 Å². The number of aromatic carboxylic acids is 1. The van der Waals surface area contributed by atoms with Gasteiger partial charge in [-0.15, -0.1) is 25.7 Å². The lowest BCUT2D eigenvalue weighted by Crippen LogP contribution is -1.93. The van der Waals surface area contributed by atoms with Crippen LogP contribution in [0.2, 0.25) is 0 Å². The Morgan fingerprint density at radius 2 is 1.38 bits per heavy atom.